The predicted octanol–water partition coefficient (Wildman–Crippen LogP) is 3.40. The maximum Gasteiger partial charge on any atom is 0.264 e. The van der Waals surface area contributed by atoms with E-state index in [0.717, 1.165) is 11.3 Å². The molecule has 0 aliphatic carbocycles. The fourth-order valence-corrected chi connectivity index (χ4v) is 5.62. The number of thiophene rings is 1. The molecule has 0 unspecified atom stereocenters. The van der Waals surface area contributed by atoms with Crippen LogP contribution in [-0.4, -0.2) is 21.8 Å². The molecular weight excluding hydrogens is 418 g/mol. The number of sulfonamides is 2. The molecular formula is C15H12ClN3O4S3. The van der Waals surface area contributed by atoms with E-state index in [4.69, 9.17) is 11.6 Å². The minimum atomic E-state index is -3.84. The summed E-state index contributed by atoms with van der Waals surface area (Å²) < 4.78 is 54.0. The van der Waals surface area contributed by atoms with Gasteiger partial charge in [-0.15, -0.1) is 11.3 Å². The number of benzene rings is 1. The Labute approximate surface area is 159 Å². The van der Waals surface area contributed by atoms with Crippen LogP contribution in [0.2, 0.25) is 4.34 Å². The minimum Gasteiger partial charge on any atom is -0.280 e. The van der Waals surface area contributed by atoms with Crippen LogP contribution in [0, 0.1) is 0 Å². The maximum absolute atomic E-state index is 12.3. The van der Waals surface area contributed by atoms with Crippen LogP contribution < -0.4 is 9.44 Å². The summed E-state index contributed by atoms with van der Waals surface area (Å²) in [6, 6.07) is 11.5. The van der Waals surface area contributed by atoms with Gasteiger partial charge in [0.1, 0.15) is 15.0 Å². The molecule has 3 aromatic rings. The summed E-state index contributed by atoms with van der Waals surface area (Å²) in [5.74, 6) is 0.185. The van der Waals surface area contributed by atoms with Crippen molar-refractivity contribution < 1.29 is 16.8 Å². The second-order valence-corrected chi connectivity index (χ2v) is 9.86. The van der Waals surface area contributed by atoms with Gasteiger partial charge in [0.25, 0.3) is 20.0 Å². The molecule has 0 radical (unpaired) electrons. The Morgan fingerprint density at radius 3 is 2.19 bits per heavy atom. The first-order valence-corrected chi connectivity index (χ1v) is 11.3. The average molecular weight is 430 g/mol. The number of hydrogen-bond acceptors (Lipinski definition) is 6. The third kappa shape index (κ3) is 4.15. The molecule has 0 fully saturated rings. The zero-order valence-corrected chi connectivity index (χ0v) is 16.2. The second-order valence-electron chi connectivity index (χ2n) is 5.01. The topological polar surface area (TPSA) is 105 Å². The van der Waals surface area contributed by atoms with Crippen molar-refractivity contribution in [1.29, 1.82) is 0 Å². The summed E-state index contributed by atoms with van der Waals surface area (Å²) in [5.41, 5.74) is 0.212. The minimum absolute atomic E-state index is 0.0281. The van der Waals surface area contributed by atoms with Gasteiger partial charge in [-0.1, -0.05) is 17.7 Å². The molecule has 11 heteroatoms. The van der Waals surface area contributed by atoms with Crippen molar-refractivity contribution in [3.05, 3.63) is 64.4 Å². The lowest BCUT2D eigenvalue weighted by Gasteiger charge is -2.09. The van der Waals surface area contributed by atoms with Crippen molar-refractivity contribution in [3.63, 3.8) is 0 Å². The third-order valence-corrected chi connectivity index (χ3v) is 7.40. The highest BCUT2D eigenvalue weighted by atomic mass is 35.5. The van der Waals surface area contributed by atoms with Crippen LogP contribution >= 0.6 is 22.9 Å². The molecule has 136 valence electrons. The van der Waals surface area contributed by atoms with Crippen LogP contribution in [-0.2, 0) is 20.0 Å². The lowest BCUT2D eigenvalue weighted by Crippen LogP contribution is -2.15. The van der Waals surface area contributed by atoms with Gasteiger partial charge in [-0.25, -0.2) is 21.8 Å². The summed E-state index contributed by atoms with van der Waals surface area (Å²) >= 11 is 6.96. The summed E-state index contributed by atoms with van der Waals surface area (Å²) in [6.45, 7) is 0. The monoisotopic (exact) mass is 429 g/mol. The van der Waals surface area contributed by atoms with E-state index < -0.39 is 20.0 Å². The average Bonchev–Trinajstić information content (AvgIpc) is 3.02. The first-order valence-electron chi connectivity index (χ1n) is 7.08. The largest absolute Gasteiger partial charge is 0.280 e. The molecule has 2 N–H and O–H groups in total. The highest BCUT2D eigenvalue weighted by Crippen LogP contribution is 2.29. The number of pyridine rings is 1. The van der Waals surface area contributed by atoms with E-state index in [-0.39, 0.29) is 25.6 Å². The molecule has 0 atom stereocenters. The summed E-state index contributed by atoms with van der Waals surface area (Å²) in [6.07, 6.45) is 1.46. The number of aromatic nitrogens is 1. The van der Waals surface area contributed by atoms with E-state index in [9.17, 15) is 16.8 Å². The van der Waals surface area contributed by atoms with E-state index in [1.807, 2.05) is 0 Å². The summed E-state index contributed by atoms with van der Waals surface area (Å²) in [7, 11) is -7.68. The molecule has 3 rings (SSSR count). The number of halogens is 1. The zero-order chi connectivity index (χ0) is 18.8. The van der Waals surface area contributed by atoms with Gasteiger partial charge in [0.15, 0.2) is 0 Å². The van der Waals surface area contributed by atoms with Crippen molar-refractivity contribution in [2.45, 2.75) is 9.79 Å². The van der Waals surface area contributed by atoms with Crippen molar-refractivity contribution >= 4 is 54.5 Å². The van der Waals surface area contributed by atoms with Crippen molar-refractivity contribution in [2.24, 2.45) is 0 Å². The van der Waals surface area contributed by atoms with E-state index in [1.165, 1.54) is 42.6 Å². The van der Waals surface area contributed by atoms with E-state index in [0.29, 0.717) is 0 Å². The molecule has 0 aliphatic rings. The van der Waals surface area contributed by atoms with Crippen molar-refractivity contribution in [2.75, 3.05) is 9.44 Å². The van der Waals surface area contributed by atoms with Crippen LogP contribution in [0.15, 0.2) is 69.9 Å². The Kier molecular flexibility index (Phi) is 5.19. The van der Waals surface area contributed by atoms with E-state index >= 15 is 0 Å². The third-order valence-electron chi connectivity index (χ3n) is 3.19. The molecule has 2 aromatic heterocycles. The highest BCUT2D eigenvalue weighted by molar-refractivity contribution is 7.93. The SMILES string of the molecule is O=S(=O)(Nc1ccccn1)c1ccc(NS(=O)(=O)c2ccsc2Cl)cc1. The molecule has 0 saturated carbocycles. The van der Waals surface area contributed by atoms with E-state index in [2.05, 4.69) is 14.4 Å². The Morgan fingerprint density at radius 1 is 0.885 bits per heavy atom. The summed E-state index contributed by atoms with van der Waals surface area (Å²) in [4.78, 5) is 3.84. The van der Waals surface area contributed by atoms with Crippen LogP contribution in [0.3, 0.4) is 0 Å². The van der Waals surface area contributed by atoms with Gasteiger partial charge in [0.05, 0.1) is 4.90 Å². The Hall–Kier alpha value is -2.14. The van der Waals surface area contributed by atoms with Crippen molar-refractivity contribution in [3.8, 4) is 0 Å². The smallest absolute Gasteiger partial charge is 0.264 e. The van der Waals surface area contributed by atoms with Gasteiger partial charge in [0.2, 0.25) is 0 Å². The van der Waals surface area contributed by atoms with Crippen LogP contribution in [0.25, 0.3) is 0 Å². The maximum atomic E-state index is 12.3. The number of nitrogens with zero attached hydrogens (tertiary/aromatic N) is 1. The number of rotatable bonds is 6. The van der Waals surface area contributed by atoms with Gasteiger partial charge in [0, 0.05) is 11.9 Å². The molecule has 1 aromatic carbocycles. The molecule has 0 aliphatic heterocycles. The lowest BCUT2D eigenvalue weighted by molar-refractivity contribution is 0.600. The van der Waals surface area contributed by atoms with Crippen molar-refractivity contribution in [1.82, 2.24) is 4.98 Å². The number of anilines is 2. The molecule has 7 nitrogen and oxygen atoms in total. The van der Waals surface area contributed by atoms with Gasteiger partial charge < -0.3 is 0 Å². The predicted molar refractivity (Wildman–Crippen MR) is 102 cm³/mol. The van der Waals surface area contributed by atoms with Crippen LogP contribution in [0.4, 0.5) is 11.5 Å². The van der Waals surface area contributed by atoms with Gasteiger partial charge in [-0.2, -0.15) is 0 Å². The molecule has 0 amide bonds. The molecule has 0 bridgehead atoms. The van der Waals surface area contributed by atoms with E-state index in [1.54, 1.807) is 17.5 Å². The van der Waals surface area contributed by atoms with Gasteiger partial charge >= 0.3 is 0 Å². The fourth-order valence-electron chi connectivity index (χ4n) is 2.01. The first-order chi connectivity index (χ1) is 12.3. The quantitative estimate of drug-likeness (QED) is 0.624. The number of hydrogen-bond donors (Lipinski definition) is 2. The van der Waals surface area contributed by atoms with Crippen LogP contribution in [0.5, 0.6) is 0 Å². The molecule has 0 spiro atoms. The normalized spacial score (nSPS) is 11.9. The fraction of sp³-hybridized carbons (Fsp3) is 0. The molecule has 26 heavy (non-hydrogen) atoms. The number of nitrogens with one attached hydrogen (secondary N) is 2. The standard InChI is InChI=1S/C15H12ClN3O4S3/c16-15-13(8-10-24-15)26(22,23)18-11-4-6-12(7-5-11)25(20,21)19-14-3-1-2-9-17-14/h1-10,18H,(H,17,19). The zero-order valence-electron chi connectivity index (χ0n) is 13.0. The molecule has 0 saturated heterocycles. The van der Waals surface area contributed by atoms with Gasteiger partial charge in [-0.05, 0) is 47.8 Å². The molecule has 2 heterocycles. The first kappa shape index (κ1) is 18.6. The van der Waals surface area contributed by atoms with Crippen LogP contribution in [0.1, 0.15) is 0 Å². The van der Waals surface area contributed by atoms with Gasteiger partial charge in [-0.3, -0.25) is 9.44 Å². The summed E-state index contributed by atoms with van der Waals surface area (Å²) in [5, 5.41) is 1.57. The second kappa shape index (κ2) is 7.23. The lowest BCUT2D eigenvalue weighted by atomic mass is 10.3. The Bertz CT molecular complexity index is 1110. The Balaban J connectivity index is 1.79. The highest BCUT2D eigenvalue weighted by Gasteiger charge is 2.20. The Morgan fingerprint density at radius 2 is 1.62 bits per heavy atom.